The molecule has 0 saturated carbocycles. The Kier molecular flexibility index (Phi) is 4.62. The molecule has 0 bridgehead atoms. The number of anilines is 1. The number of ether oxygens (including phenoxy) is 1. The van der Waals surface area contributed by atoms with Gasteiger partial charge in [0.1, 0.15) is 12.1 Å². The fraction of sp³-hybridized carbons (Fsp3) is 0.231. The normalized spacial score (nSPS) is 10.2. The molecule has 21 heavy (non-hydrogen) atoms. The third-order valence-corrected chi connectivity index (χ3v) is 2.81. The van der Waals surface area contributed by atoms with E-state index in [-0.39, 0.29) is 17.3 Å². The van der Waals surface area contributed by atoms with Gasteiger partial charge in [0.05, 0.1) is 10.5 Å². The summed E-state index contributed by atoms with van der Waals surface area (Å²) < 4.78 is 5.61. The largest absolute Gasteiger partial charge is 0.431 e. The highest BCUT2D eigenvalue weighted by Gasteiger charge is 2.18. The lowest BCUT2D eigenvalue weighted by atomic mass is 10.2. The lowest BCUT2D eigenvalue weighted by molar-refractivity contribution is -0.385. The van der Waals surface area contributed by atoms with Crippen molar-refractivity contribution >= 4 is 11.5 Å². The Morgan fingerprint density at radius 3 is 2.81 bits per heavy atom. The van der Waals surface area contributed by atoms with E-state index in [1.165, 1.54) is 18.5 Å². The van der Waals surface area contributed by atoms with E-state index in [0.29, 0.717) is 17.8 Å². The molecule has 0 saturated heterocycles. The van der Waals surface area contributed by atoms with Crippen molar-refractivity contribution in [2.24, 2.45) is 5.84 Å². The predicted molar refractivity (Wildman–Crippen MR) is 77.0 cm³/mol. The maximum Gasteiger partial charge on any atom is 0.311 e. The molecule has 0 fully saturated rings. The van der Waals surface area contributed by atoms with E-state index in [1.54, 1.807) is 12.1 Å². The Hall–Kier alpha value is -2.74. The predicted octanol–water partition coefficient (Wildman–Crippen LogP) is 2.42. The molecule has 2 aromatic rings. The molecule has 2 rings (SSSR count). The summed E-state index contributed by atoms with van der Waals surface area (Å²) in [6.45, 7) is 1.99. The zero-order valence-corrected chi connectivity index (χ0v) is 11.4. The van der Waals surface area contributed by atoms with Gasteiger partial charge in [-0.3, -0.25) is 10.1 Å². The van der Waals surface area contributed by atoms with Crippen molar-refractivity contribution < 1.29 is 9.66 Å². The van der Waals surface area contributed by atoms with E-state index in [2.05, 4.69) is 15.4 Å². The van der Waals surface area contributed by atoms with Crippen LogP contribution in [-0.2, 0) is 6.42 Å². The number of hydrogen-bond donors (Lipinski definition) is 2. The number of para-hydroxylation sites is 2. The zero-order chi connectivity index (χ0) is 15.2. The first kappa shape index (κ1) is 14.7. The third-order valence-electron chi connectivity index (χ3n) is 2.81. The molecule has 0 aliphatic heterocycles. The first-order valence-corrected chi connectivity index (χ1v) is 6.39. The van der Waals surface area contributed by atoms with Crippen LogP contribution in [0.15, 0.2) is 30.6 Å². The Bertz CT molecular complexity index is 647. The summed E-state index contributed by atoms with van der Waals surface area (Å²) >= 11 is 0. The molecule has 1 aromatic heterocycles. The first-order valence-electron chi connectivity index (χ1n) is 6.39. The Labute approximate surface area is 121 Å². The fourth-order valence-corrected chi connectivity index (χ4v) is 1.88. The minimum atomic E-state index is -0.502. The molecule has 110 valence electrons. The number of nitrogens with zero attached hydrogens (tertiary/aromatic N) is 3. The van der Waals surface area contributed by atoms with Crippen molar-refractivity contribution in [2.45, 2.75) is 19.8 Å². The number of hydrogen-bond acceptors (Lipinski definition) is 7. The topological polar surface area (TPSA) is 116 Å². The number of nitro groups is 1. The van der Waals surface area contributed by atoms with E-state index in [1.807, 2.05) is 6.92 Å². The maximum atomic E-state index is 11.0. The van der Waals surface area contributed by atoms with Gasteiger partial charge < -0.3 is 10.2 Å². The van der Waals surface area contributed by atoms with Crippen LogP contribution in [0.2, 0.25) is 0 Å². The first-order chi connectivity index (χ1) is 10.2. The molecular weight excluding hydrogens is 274 g/mol. The fourth-order valence-electron chi connectivity index (χ4n) is 1.88. The maximum absolute atomic E-state index is 11.0. The third kappa shape index (κ3) is 3.23. The van der Waals surface area contributed by atoms with Gasteiger partial charge in [0.2, 0.25) is 11.6 Å². The summed E-state index contributed by atoms with van der Waals surface area (Å²) in [5, 5.41) is 11.0. The number of hydrazine groups is 1. The molecule has 0 unspecified atom stereocenters. The van der Waals surface area contributed by atoms with Crippen molar-refractivity contribution in [1.82, 2.24) is 9.97 Å². The number of benzene rings is 1. The summed E-state index contributed by atoms with van der Waals surface area (Å²) in [7, 11) is 0. The second-order valence-corrected chi connectivity index (χ2v) is 4.23. The minimum Gasteiger partial charge on any atom is -0.431 e. The highest BCUT2D eigenvalue weighted by Crippen LogP contribution is 2.33. The number of nitrogens with two attached hydrogens (primary N) is 1. The zero-order valence-electron chi connectivity index (χ0n) is 11.4. The van der Waals surface area contributed by atoms with Crippen LogP contribution in [0.1, 0.15) is 18.9 Å². The summed E-state index contributed by atoms with van der Waals surface area (Å²) in [6, 6.07) is 6.12. The molecule has 3 N–H and O–H groups in total. The van der Waals surface area contributed by atoms with Gasteiger partial charge in [-0.2, -0.15) is 0 Å². The van der Waals surface area contributed by atoms with Gasteiger partial charge in [0.25, 0.3) is 0 Å². The minimum absolute atomic E-state index is 0.124. The van der Waals surface area contributed by atoms with Gasteiger partial charge in [-0.15, -0.1) is 0 Å². The van der Waals surface area contributed by atoms with Gasteiger partial charge in [-0.1, -0.05) is 25.5 Å². The van der Waals surface area contributed by atoms with Crippen molar-refractivity contribution in [1.29, 1.82) is 0 Å². The number of nitrogens with one attached hydrogen (secondary N) is 1. The number of nitro benzene ring substituents is 1. The molecule has 0 radical (unpaired) electrons. The van der Waals surface area contributed by atoms with E-state index in [9.17, 15) is 10.1 Å². The van der Waals surface area contributed by atoms with Crippen molar-refractivity contribution in [3.05, 3.63) is 46.3 Å². The second kappa shape index (κ2) is 6.62. The lowest BCUT2D eigenvalue weighted by Gasteiger charge is -2.12. The van der Waals surface area contributed by atoms with Crippen LogP contribution >= 0.6 is 0 Å². The van der Waals surface area contributed by atoms with E-state index >= 15 is 0 Å². The van der Waals surface area contributed by atoms with Gasteiger partial charge in [-0.05, 0) is 12.5 Å². The van der Waals surface area contributed by atoms with Crippen molar-refractivity contribution in [2.75, 3.05) is 5.43 Å². The average Bonchev–Trinajstić information content (AvgIpc) is 2.49. The summed E-state index contributed by atoms with van der Waals surface area (Å²) in [5.41, 5.74) is 3.04. The molecule has 1 aromatic carbocycles. The SMILES string of the molecule is CCCc1c(NN)ncnc1Oc1ccccc1[N+](=O)[O-]. The molecule has 1 heterocycles. The van der Waals surface area contributed by atoms with Gasteiger partial charge in [0, 0.05) is 6.07 Å². The molecule has 0 aliphatic carbocycles. The standard InChI is InChI=1S/C13H15N5O3/c1-2-5-9-12(17-14)15-8-16-13(9)21-11-7-4-3-6-10(11)18(19)20/h3-4,6-8H,2,5,14H2,1H3,(H,15,16,17). The number of nitrogen functional groups attached to an aromatic ring is 1. The van der Waals surface area contributed by atoms with Crippen LogP contribution < -0.4 is 16.0 Å². The molecule has 8 heteroatoms. The Morgan fingerprint density at radius 2 is 2.14 bits per heavy atom. The van der Waals surface area contributed by atoms with Gasteiger partial charge >= 0.3 is 5.69 Å². The van der Waals surface area contributed by atoms with E-state index in [0.717, 1.165) is 6.42 Å². The Balaban J connectivity index is 2.42. The molecule has 0 amide bonds. The van der Waals surface area contributed by atoms with Crippen molar-refractivity contribution in [3.8, 4) is 11.6 Å². The van der Waals surface area contributed by atoms with Crippen LogP contribution in [-0.4, -0.2) is 14.9 Å². The highest BCUT2D eigenvalue weighted by molar-refractivity contribution is 5.52. The summed E-state index contributed by atoms with van der Waals surface area (Å²) in [6.07, 6.45) is 2.75. The Morgan fingerprint density at radius 1 is 1.38 bits per heavy atom. The smallest absolute Gasteiger partial charge is 0.311 e. The quantitative estimate of drug-likeness (QED) is 0.476. The van der Waals surface area contributed by atoms with E-state index < -0.39 is 4.92 Å². The number of aromatic nitrogens is 2. The van der Waals surface area contributed by atoms with Crippen LogP contribution in [0.3, 0.4) is 0 Å². The lowest BCUT2D eigenvalue weighted by Crippen LogP contribution is -2.12. The van der Waals surface area contributed by atoms with Crippen LogP contribution in [0, 0.1) is 10.1 Å². The highest BCUT2D eigenvalue weighted by atomic mass is 16.6. The molecular formula is C13H15N5O3. The van der Waals surface area contributed by atoms with Gasteiger partial charge in [-0.25, -0.2) is 15.8 Å². The van der Waals surface area contributed by atoms with Gasteiger partial charge in [0.15, 0.2) is 0 Å². The molecule has 0 aliphatic rings. The van der Waals surface area contributed by atoms with Crippen LogP contribution in [0.5, 0.6) is 11.6 Å². The van der Waals surface area contributed by atoms with Crippen LogP contribution in [0.25, 0.3) is 0 Å². The molecule has 0 spiro atoms. The summed E-state index contributed by atoms with van der Waals surface area (Å²) in [4.78, 5) is 18.6. The molecule has 0 atom stereocenters. The average molecular weight is 289 g/mol. The second-order valence-electron chi connectivity index (χ2n) is 4.23. The number of rotatable bonds is 6. The monoisotopic (exact) mass is 289 g/mol. The van der Waals surface area contributed by atoms with E-state index in [4.69, 9.17) is 10.6 Å². The summed E-state index contributed by atoms with van der Waals surface area (Å²) in [5.74, 6) is 6.25. The molecule has 8 nitrogen and oxygen atoms in total. The van der Waals surface area contributed by atoms with Crippen LogP contribution in [0.4, 0.5) is 11.5 Å². The van der Waals surface area contributed by atoms with Crippen molar-refractivity contribution in [3.63, 3.8) is 0 Å².